The van der Waals surface area contributed by atoms with Gasteiger partial charge in [0.25, 0.3) is 0 Å². The van der Waals surface area contributed by atoms with E-state index >= 15 is 0 Å². The van der Waals surface area contributed by atoms with Crippen molar-refractivity contribution in [2.24, 2.45) is 5.92 Å². The Kier molecular flexibility index (Phi) is 4.76. The van der Waals surface area contributed by atoms with Crippen LogP contribution in [0.2, 0.25) is 0 Å². The number of likely N-dealkylation sites (tertiary alicyclic amines) is 1. The summed E-state index contributed by atoms with van der Waals surface area (Å²) < 4.78 is 16.1. The quantitative estimate of drug-likeness (QED) is 0.576. The predicted molar refractivity (Wildman–Crippen MR) is 75.8 cm³/mol. The fourth-order valence-electron chi connectivity index (χ4n) is 2.61. The highest BCUT2D eigenvalue weighted by molar-refractivity contribution is 5.74. The molecule has 6 heteroatoms. The zero-order chi connectivity index (χ0) is 15.6. The SMILES string of the molecule is CCOC(=O)C1CCN(C(=O)OC(C)(C)C)CCC2OC21. The first-order valence-corrected chi connectivity index (χ1v) is 7.62. The highest BCUT2D eigenvalue weighted by Crippen LogP contribution is 2.36. The molecule has 0 aromatic carbocycles. The summed E-state index contributed by atoms with van der Waals surface area (Å²) in [6.07, 6.45) is 0.984. The van der Waals surface area contributed by atoms with Crippen LogP contribution in [0.3, 0.4) is 0 Å². The molecule has 6 nitrogen and oxygen atoms in total. The molecule has 0 aliphatic carbocycles. The summed E-state index contributed by atoms with van der Waals surface area (Å²) in [4.78, 5) is 25.8. The zero-order valence-electron chi connectivity index (χ0n) is 13.3. The van der Waals surface area contributed by atoms with Crippen molar-refractivity contribution in [2.45, 2.75) is 58.3 Å². The number of amides is 1. The van der Waals surface area contributed by atoms with E-state index in [1.54, 1.807) is 11.8 Å². The smallest absolute Gasteiger partial charge is 0.410 e. The van der Waals surface area contributed by atoms with Gasteiger partial charge in [-0.15, -0.1) is 0 Å². The number of hydrogen-bond acceptors (Lipinski definition) is 5. The van der Waals surface area contributed by atoms with Gasteiger partial charge in [-0.25, -0.2) is 4.79 Å². The standard InChI is InChI=1S/C15H25NO5/c1-5-19-13(17)10-6-8-16(9-7-11-12(10)20-11)14(18)21-15(2,3)4/h10-12H,5-9H2,1-4H3. The first-order valence-electron chi connectivity index (χ1n) is 7.62. The second-order valence-electron chi connectivity index (χ2n) is 6.54. The van der Waals surface area contributed by atoms with Gasteiger partial charge < -0.3 is 19.1 Å². The molecule has 2 saturated heterocycles. The Morgan fingerprint density at radius 3 is 2.52 bits per heavy atom. The summed E-state index contributed by atoms with van der Waals surface area (Å²) in [5.41, 5.74) is -0.515. The van der Waals surface area contributed by atoms with E-state index in [9.17, 15) is 9.59 Å². The third kappa shape index (κ3) is 4.33. The van der Waals surface area contributed by atoms with Crippen LogP contribution in [0.1, 0.15) is 40.5 Å². The number of hydrogen-bond donors (Lipinski definition) is 0. The molecule has 21 heavy (non-hydrogen) atoms. The number of ether oxygens (including phenoxy) is 3. The van der Waals surface area contributed by atoms with E-state index in [1.807, 2.05) is 20.8 Å². The Hall–Kier alpha value is -1.30. The van der Waals surface area contributed by atoms with Gasteiger partial charge in [0, 0.05) is 13.1 Å². The molecule has 0 aromatic rings. The number of epoxide rings is 1. The van der Waals surface area contributed by atoms with E-state index in [-0.39, 0.29) is 30.2 Å². The molecule has 3 unspecified atom stereocenters. The molecule has 0 N–H and O–H groups in total. The second kappa shape index (κ2) is 6.22. The summed E-state index contributed by atoms with van der Waals surface area (Å²) in [5.74, 6) is -0.503. The topological polar surface area (TPSA) is 68.4 Å². The molecule has 0 bridgehead atoms. The van der Waals surface area contributed by atoms with E-state index in [0.29, 0.717) is 26.1 Å². The Morgan fingerprint density at radius 1 is 1.24 bits per heavy atom. The van der Waals surface area contributed by atoms with Crippen LogP contribution < -0.4 is 0 Å². The molecule has 0 radical (unpaired) electrons. The number of esters is 1. The number of nitrogens with zero attached hydrogens (tertiary/aromatic N) is 1. The highest BCUT2D eigenvalue weighted by atomic mass is 16.6. The number of fused-ring (bicyclic) bond motifs is 1. The van der Waals surface area contributed by atoms with Crippen molar-refractivity contribution in [3.05, 3.63) is 0 Å². The Morgan fingerprint density at radius 2 is 1.90 bits per heavy atom. The first-order chi connectivity index (χ1) is 9.81. The third-order valence-corrected chi connectivity index (χ3v) is 3.65. The van der Waals surface area contributed by atoms with Crippen LogP contribution >= 0.6 is 0 Å². The van der Waals surface area contributed by atoms with Crippen molar-refractivity contribution in [3.8, 4) is 0 Å². The minimum atomic E-state index is -0.515. The van der Waals surface area contributed by atoms with Crippen LogP contribution in [0, 0.1) is 5.92 Å². The zero-order valence-corrected chi connectivity index (χ0v) is 13.3. The fraction of sp³-hybridized carbons (Fsp3) is 0.867. The van der Waals surface area contributed by atoms with Gasteiger partial charge in [0.1, 0.15) is 5.60 Å². The van der Waals surface area contributed by atoms with Gasteiger partial charge in [-0.1, -0.05) is 0 Å². The lowest BCUT2D eigenvalue weighted by molar-refractivity contribution is -0.149. The second-order valence-corrected chi connectivity index (χ2v) is 6.54. The lowest BCUT2D eigenvalue weighted by Gasteiger charge is -2.29. The van der Waals surface area contributed by atoms with Crippen LogP contribution in [0.5, 0.6) is 0 Å². The summed E-state index contributed by atoms with van der Waals surface area (Å²) in [5, 5.41) is 0. The number of rotatable bonds is 2. The molecule has 0 spiro atoms. The van der Waals surface area contributed by atoms with Gasteiger partial charge in [0.05, 0.1) is 24.7 Å². The largest absolute Gasteiger partial charge is 0.466 e. The van der Waals surface area contributed by atoms with Crippen molar-refractivity contribution < 1.29 is 23.8 Å². The van der Waals surface area contributed by atoms with E-state index in [1.165, 1.54) is 0 Å². The Balaban J connectivity index is 1.95. The predicted octanol–water partition coefficient (Wildman–Crippen LogP) is 1.96. The molecule has 1 amide bonds. The normalized spacial score (nSPS) is 29.0. The lowest BCUT2D eigenvalue weighted by atomic mass is 9.96. The maximum atomic E-state index is 12.1. The third-order valence-electron chi connectivity index (χ3n) is 3.65. The summed E-state index contributed by atoms with van der Waals surface area (Å²) in [6.45, 7) is 8.78. The van der Waals surface area contributed by atoms with Crippen molar-refractivity contribution in [3.63, 3.8) is 0 Å². The average Bonchev–Trinajstić information content (AvgIpc) is 3.05. The Labute approximate surface area is 125 Å². The van der Waals surface area contributed by atoms with Crippen molar-refractivity contribution >= 4 is 12.1 Å². The molecule has 0 aromatic heterocycles. The van der Waals surface area contributed by atoms with Crippen LogP contribution in [0.25, 0.3) is 0 Å². The van der Waals surface area contributed by atoms with E-state index < -0.39 is 5.60 Å². The maximum absolute atomic E-state index is 12.1. The maximum Gasteiger partial charge on any atom is 0.410 e. The van der Waals surface area contributed by atoms with Crippen molar-refractivity contribution in [1.29, 1.82) is 0 Å². The average molecular weight is 299 g/mol. The van der Waals surface area contributed by atoms with E-state index in [4.69, 9.17) is 14.2 Å². The molecule has 2 aliphatic heterocycles. The molecule has 120 valence electrons. The summed E-state index contributed by atoms with van der Waals surface area (Å²) in [7, 11) is 0. The summed E-state index contributed by atoms with van der Waals surface area (Å²) >= 11 is 0. The number of carbonyl (C=O) groups is 2. The van der Waals surface area contributed by atoms with Crippen LogP contribution in [-0.2, 0) is 19.0 Å². The lowest BCUT2D eigenvalue weighted by Crippen LogP contribution is -2.41. The molecule has 0 saturated carbocycles. The van der Waals surface area contributed by atoms with Gasteiger partial charge >= 0.3 is 12.1 Å². The monoisotopic (exact) mass is 299 g/mol. The first kappa shape index (κ1) is 16.1. The molecular weight excluding hydrogens is 274 g/mol. The molecule has 2 fully saturated rings. The van der Waals surface area contributed by atoms with Gasteiger partial charge in [-0.05, 0) is 40.5 Å². The van der Waals surface area contributed by atoms with E-state index in [0.717, 1.165) is 6.42 Å². The van der Waals surface area contributed by atoms with Gasteiger partial charge in [0.15, 0.2) is 0 Å². The van der Waals surface area contributed by atoms with E-state index in [2.05, 4.69) is 0 Å². The minimum absolute atomic E-state index is 0.0372. The van der Waals surface area contributed by atoms with Crippen LogP contribution in [-0.4, -0.2) is 54.5 Å². The van der Waals surface area contributed by atoms with Gasteiger partial charge in [-0.3, -0.25) is 4.79 Å². The van der Waals surface area contributed by atoms with Crippen molar-refractivity contribution in [1.82, 2.24) is 4.90 Å². The fourth-order valence-corrected chi connectivity index (χ4v) is 2.61. The number of carbonyl (C=O) groups excluding carboxylic acids is 2. The Bertz CT molecular complexity index is 403. The highest BCUT2D eigenvalue weighted by Gasteiger charge is 2.49. The minimum Gasteiger partial charge on any atom is -0.466 e. The summed E-state index contributed by atoms with van der Waals surface area (Å²) in [6, 6.07) is 0. The molecular formula is C15H25NO5. The van der Waals surface area contributed by atoms with Crippen LogP contribution in [0.4, 0.5) is 4.79 Å². The van der Waals surface area contributed by atoms with Crippen LogP contribution in [0.15, 0.2) is 0 Å². The molecule has 2 aliphatic rings. The van der Waals surface area contributed by atoms with Gasteiger partial charge in [-0.2, -0.15) is 0 Å². The molecule has 2 rings (SSSR count). The molecule has 2 heterocycles. The van der Waals surface area contributed by atoms with Crippen molar-refractivity contribution in [2.75, 3.05) is 19.7 Å². The molecule has 3 atom stereocenters. The van der Waals surface area contributed by atoms with Gasteiger partial charge in [0.2, 0.25) is 0 Å².